The van der Waals surface area contributed by atoms with Gasteiger partial charge in [0.2, 0.25) is 0 Å². The molecule has 1 amide bonds. The number of aromatic nitrogens is 3. The lowest BCUT2D eigenvalue weighted by Gasteiger charge is -2.17. The number of carbonyl (C=O) groups is 1. The standard InChI is InChI=1S/C20H19N7O2/c21-7-14-2-1-12(8-23-14)9-25-20(29)18-19(28)15-3-4-17(26-16(15)10-24-18)27-6-5-13(22)11-27/h1-4,8,10,13,28H,5-6,9,11,22H2,(H,25,29). The summed E-state index contributed by atoms with van der Waals surface area (Å²) >= 11 is 0. The molecule has 9 heteroatoms. The van der Waals surface area contributed by atoms with E-state index in [0.717, 1.165) is 30.9 Å². The molecule has 4 N–H and O–H groups in total. The zero-order valence-electron chi connectivity index (χ0n) is 15.5. The van der Waals surface area contributed by atoms with Gasteiger partial charge in [0.05, 0.1) is 11.7 Å². The zero-order valence-corrected chi connectivity index (χ0v) is 15.5. The number of hydrogen-bond acceptors (Lipinski definition) is 8. The van der Waals surface area contributed by atoms with Gasteiger partial charge in [-0.15, -0.1) is 0 Å². The van der Waals surface area contributed by atoms with Crippen LogP contribution >= 0.6 is 0 Å². The molecule has 1 fully saturated rings. The lowest BCUT2D eigenvalue weighted by molar-refractivity contribution is 0.0943. The maximum Gasteiger partial charge on any atom is 0.274 e. The smallest absolute Gasteiger partial charge is 0.274 e. The molecule has 146 valence electrons. The first-order valence-corrected chi connectivity index (χ1v) is 9.17. The molecule has 0 bridgehead atoms. The Morgan fingerprint density at radius 3 is 2.86 bits per heavy atom. The summed E-state index contributed by atoms with van der Waals surface area (Å²) in [5.41, 5.74) is 7.42. The summed E-state index contributed by atoms with van der Waals surface area (Å²) in [6, 6.07) is 8.89. The fourth-order valence-electron chi connectivity index (χ4n) is 3.28. The van der Waals surface area contributed by atoms with Crippen LogP contribution in [0.15, 0.2) is 36.7 Å². The van der Waals surface area contributed by atoms with Crippen molar-refractivity contribution in [3.05, 3.63) is 53.6 Å². The molecule has 3 aromatic rings. The number of nitrogens with two attached hydrogens (primary N) is 1. The SMILES string of the molecule is N#Cc1ccc(CNC(=O)c2ncc3nc(N4CCC(N)C4)ccc3c2O)cn1. The van der Waals surface area contributed by atoms with Crippen molar-refractivity contribution in [2.24, 2.45) is 5.73 Å². The molecule has 0 spiro atoms. The molecule has 1 unspecified atom stereocenters. The summed E-state index contributed by atoms with van der Waals surface area (Å²) in [5.74, 6) is 0.0515. The second kappa shape index (κ2) is 7.69. The van der Waals surface area contributed by atoms with Crippen LogP contribution in [0.1, 0.15) is 28.2 Å². The van der Waals surface area contributed by atoms with Crippen LogP contribution in [0.3, 0.4) is 0 Å². The first-order valence-electron chi connectivity index (χ1n) is 9.17. The number of pyridine rings is 3. The van der Waals surface area contributed by atoms with Gasteiger partial charge in [-0.3, -0.25) is 4.79 Å². The Labute approximate surface area is 166 Å². The molecule has 0 aliphatic carbocycles. The fourth-order valence-corrected chi connectivity index (χ4v) is 3.28. The van der Waals surface area contributed by atoms with E-state index in [4.69, 9.17) is 11.0 Å². The summed E-state index contributed by atoms with van der Waals surface area (Å²) < 4.78 is 0. The number of carbonyl (C=O) groups excluding carboxylic acids is 1. The first-order chi connectivity index (χ1) is 14.0. The fraction of sp³-hybridized carbons (Fsp3) is 0.250. The van der Waals surface area contributed by atoms with Crippen molar-refractivity contribution in [3.8, 4) is 11.8 Å². The van der Waals surface area contributed by atoms with Crippen molar-refractivity contribution in [2.45, 2.75) is 19.0 Å². The second-order valence-electron chi connectivity index (χ2n) is 6.90. The molecule has 0 aromatic carbocycles. The molecular weight excluding hydrogens is 370 g/mol. The Kier molecular flexibility index (Phi) is 4.93. The summed E-state index contributed by atoms with van der Waals surface area (Å²) in [6.45, 7) is 1.77. The van der Waals surface area contributed by atoms with E-state index in [9.17, 15) is 9.90 Å². The Morgan fingerprint density at radius 2 is 2.17 bits per heavy atom. The van der Waals surface area contributed by atoms with Crippen LogP contribution in [0, 0.1) is 11.3 Å². The van der Waals surface area contributed by atoms with Crippen LogP contribution in [-0.2, 0) is 6.54 Å². The number of nitriles is 1. The average molecular weight is 389 g/mol. The van der Waals surface area contributed by atoms with Crippen LogP contribution in [0.4, 0.5) is 5.82 Å². The van der Waals surface area contributed by atoms with Crippen LogP contribution in [0.2, 0.25) is 0 Å². The Bertz CT molecular complexity index is 1110. The van der Waals surface area contributed by atoms with E-state index in [1.165, 1.54) is 12.4 Å². The van der Waals surface area contributed by atoms with Gasteiger partial charge in [0.25, 0.3) is 5.91 Å². The van der Waals surface area contributed by atoms with Crippen LogP contribution in [0.25, 0.3) is 10.9 Å². The molecule has 1 aliphatic rings. The molecule has 1 saturated heterocycles. The quantitative estimate of drug-likeness (QED) is 0.602. The normalized spacial score (nSPS) is 16.0. The van der Waals surface area contributed by atoms with Gasteiger partial charge in [0, 0.05) is 37.3 Å². The Hall–Kier alpha value is -3.77. The lowest BCUT2D eigenvalue weighted by Crippen LogP contribution is -2.26. The van der Waals surface area contributed by atoms with Crippen LogP contribution < -0.4 is 16.0 Å². The number of fused-ring (bicyclic) bond motifs is 1. The van der Waals surface area contributed by atoms with Crippen molar-refractivity contribution in [1.82, 2.24) is 20.3 Å². The van der Waals surface area contributed by atoms with Gasteiger partial charge < -0.3 is 21.1 Å². The number of hydrogen-bond donors (Lipinski definition) is 3. The molecule has 1 aliphatic heterocycles. The van der Waals surface area contributed by atoms with Gasteiger partial charge in [-0.2, -0.15) is 5.26 Å². The number of nitrogens with zero attached hydrogens (tertiary/aromatic N) is 5. The van der Waals surface area contributed by atoms with Gasteiger partial charge in [0.15, 0.2) is 11.4 Å². The lowest BCUT2D eigenvalue weighted by atomic mass is 10.2. The first kappa shape index (κ1) is 18.6. The second-order valence-corrected chi connectivity index (χ2v) is 6.90. The number of aromatic hydroxyl groups is 1. The molecule has 4 heterocycles. The Morgan fingerprint density at radius 1 is 1.31 bits per heavy atom. The minimum Gasteiger partial charge on any atom is -0.505 e. The van der Waals surface area contributed by atoms with Gasteiger partial charge in [-0.05, 0) is 30.2 Å². The third kappa shape index (κ3) is 3.79. The molecule has 4 rings (SSSR count). The summed E-state index contributed by atoms with van der Waals surface area (Å²) in [4.78, 5) is 27.2. The summed E-state index contributed by atoms with van der Waals surface area (Å²) in [7, 11) is 0. The number of rotatable bonds is 4. The minimum atomic E-state index is -0.511. The molecule has 3 aromatic heterocycles. The topological polar surface area (TPSA) is 141 Å². The van der Waals surface area contributed by atoms with Gasteiger partial charge >= 0.3 is 0 Å². The van der Waals surface area contributed by atoms with Crippen molar-refractivity contribution >= 4 is 22.6 Å². The summed E-state index contributed by atoms with van der Waals surface area (Å²) in [5, 5.41) is 22.5. The number of amides is 1. The van der Waals surface area contributed by atoms with E-state index in [-0.39, 0.29) is 24.0 Å². The van der Waals surface area contributed by atoms with E-state index in [0.29, 0.717) is 16.6 Å². The highest BCUT2D eigenvalue weighted by atomic mass is 16.3. The number of anilines is 1. The number of nitrogens with one attached hydrogen (secondary N) is 1. The van der Waals surface area contributed by atoms with Gasteiger partial charge in [-0.1, -0.05) is 6.07 Å². The van der Waals surface area contributed by atoms with Crippen LogP contribution in [-0.4, -0.2) is 45.1 Å². The minimum absolute atomic E-state index is 0.0724. The third-order valence-corrected chi connectivity index (χ3v) is 4.86. The van der Waals surface area contributed by atoms with Gasteiger partial charge in [-0.25, -0.2) is 15.0 Å². The van der Waals surface area contributed by atoms with E-state index < -0.39 is 5.91 Å². The van der Waals surface area contributed by atoms with Crippen LogP contribution in [0.5, 0.6) is 5.75 Å². The highest BCUT2D eigenvalue weighted by Crippen LogP contribution is 2.28. The summed E-state index contributed by atoms with van der Waals surface area (Å²) in [6.07, 6.45) is 3.91. The molecule has 1 atom stereocenters. The molecule has 9 nitrogen and oxygen atoms in total. The van der Waals surface area contributed by atoms with E-state index in [1.54, 1.807) is 18.2 Å². The van der Waals surface area contributed by atoms with E-state index >= 15 is 0 Å². The van der Waals surface area contributed by atoms with Crippen molar-refractivity contribution in [3.63, 3.8) is 0 Å². The zero-order chi connectivity index (χ0) is 20.4. The van der Waals surface area contributed by atoms with E-state index in [2.05, 4.69) is 25.2 Å². The molecule has 29 heavy (non-hydrogen) atoms. The maximum absolute atomic E-state index is 12.5. The van der Waals surface area contributed by atoms with Crippen molar-refractivity contribution in [1.29, 1.82) is 5.26 Å². The highest BCUT2D eigenvalue weighted by Gasteiger charge is 2.22. The predicted octanol–water partition coefficient (Wildman–Crippen LogP) is 1.07. The maximum atomic E-state index is 12.5. The monoisotopic (exact) mass is 389 g/mol. The molecular formula is C20H19N7O2. The Balaban J connectivity index is 1.51. The molecule has 0 radical (unpaired) electrons. The third-order valence-electron chi connectivity index (χ3n) is 4.86. The average Bonchev–Trinajstić information content (AvgIpc) is 3.18. The van der Waals surface area contributed by atoms with Gasteiger partial charge in [0.1, 0.15) is 17.6 Å². The largest absolute Gasteiger partial charge is 0.505 e. The van der Waals surface area contributed by atoms with Crippen molar-refractivity contribution in [2.75, 3.05) is 18.0 Å². The van der Waals surface area contributed by atoms with Crippen molar-refractivity contribution < 1.29 is 9.90 Å². The molecule has 0 saturated carbocycles. The van der Waals surface area contributed by atoms with E-state index in [1.807, 2.05) is 12.1 Å². The highest BCUT2D eigenvalue weighted by molar-refractivity contribution is 6.00. The predicted molar refractivity (Wildman–Crippen MR) is 106 cm³/mol.